The second kappa shape index (κ2) is 8.39. The zero-order valence-electron chi connectivity index (χ0n) is 18.8. The van der Waals surface area contributed by atoms with E-state index in [0.29, 0.717) is 18.8 Å². The van der Waals surface area contributed by atoms with Crippen LogP contribution in [0.4, 0.5) is 4.39 Å². The molecule has 3 aromatic carbocycles. The van der Waals surface area contributed by atoms with Crippen LogP contribution in [0, 0.1) is 5.82 Å². The van der Waals surface area contributed by atoms with Gasteiger partial charge in [0.15, 0.2) is 0 Å². The summed E-state index contributed by atoms with van der Waals surface area (Å²) in [5, 5.41) is 18.4. The molecule has 8 heteroatoms. The van der Waals surface area contributed by atoms with Crippen LogP contribution >= 0.6 is 0 Å². The zero-order valence-corrected chi connectivity index (χ0v) is 18.8. The van der Waals surface area contributed by atoms with E-state index in [2.05, 4.69) is 14.8 Å². The van der Waals surface area contributed by atoms with Crippen molar-refractivity contribution in [3.05, 3.63) is 77.7 Å². The van der Waals surface area contributed by atoms with Crippen molar-refractivity contribution in [2.24, 2.45) is 0 Å². The highest BCUT2D eigenvalue weighted by molar-refractivity contribution is 6.37. The number of aromatic amines is 1. The van der Waals surface area contributed by atoms with Gasteiger partial charge in [-0.05, 0) is 72.5 Å². The minimum Gasteiger partial charge on any atom is -0.478 e. The lowest BCUT2D eigenvalue weighted by Crippen LogP contribution is -2.17. The van der Waals surface area contributed by atoms with Crippen molar-refractivity contribution in [3.8, 4) is 16.8 Å². The Morgan fingerprint density at radius 1 is 1.06 bits per heavy atom. The van der Waals surface area contributed by atoms with E-state index in [1.165, 1.54) is 12.1 Å². The summed E-state index contributed by atoms with van der Waals surface area (Å²) in [7, 11) is 6.17. The van der Waals surface area contributed by atoms with E-state index in [4.69, 9.17) is 12.6 Å². The van der Waals surface area contributed by atoms with Crippen LogP contribution in [0.3, 0.4) is 0 Å². The second-order valence-electron chi connectivity index (χ2n) is 8.87. The third kappa shape index (κ3) is 3.61. The summed E-state index contributed by atoms with van der Waals surface area (Å²) in [6, 6.07) is 17.4. The van der Waals surface area contributed by atoms with Crippen molar-refractivity contribution in [1.29, 1.82) is 0 Å². The van der Waals surface area contributed by atoms with Crippen LogP contribution in [0.2, 0.25) is 0 Å². The molecule has 0 atom stereocenters. The number of fused-ring (bicyclic) bond motifs is 2. The average molecular weight is 465 g/mol. The van der Waals surface area contributed by atoms with Crippen molar-refractivity contribution >= 4 is 41.2 Å². The summed E-state index contributed by atoms with van der Waals surface area (Å²) in [5.74, 6) is -1.07. The average Bonchev–Trinajstić information content (AvgIpc) is 3.41. The monoisotopic (exact) mass is 465 g/mol. The lowest BCUT2D eigenvalue weighted by Gasteiger charge is -2.26. The number of aromatic nitrogens is 3. The first-order chi connectivity index (χ1) is 17.0. The van der Waals surface area contributed by atoms with E-state index in [-0.39, 0.29) is 17.3 Å². The number of aromatic carboxylic acids is 1. The Hall–Kier alpha value is -3.91. The number of hydrogen-bond acceptors (Lipinski definition) is 3. The minimum atomic E-state index is -0.969. The Kier molecular flexibility index (Phi) is 5.18. The third-order valence-corrected chi connectivity index (χ3v) is 6.82. The van der Waals surface area contributed by atoms with Crippen molar-refractivity contribution in [3.63, 3.8) is 0 Å². The Morgan fingerprint density at radius 2 is 1.77 bits per heavy atom. The smallest absolute Gasteiger partial charge is 0.335 e. The molecule has 6 rings (SSSR count). The molecular formula is C27H21BFN3O3. The van der Waals surface area contributed by atoms with E-state index in [1.807, 2.05) is 24.3 Å². The highest BCUT2D eigenvalue weighted by Crippen LogP contribution is 2.44. The topological polar surface area (TPSA) is 80.1 Å². The Morgan fingerprint density at radius 3 is 2.46 bits per heavy atom. The van der Waals surface area contributed by atoms with E-state index in [9.17, 15) is 14.3 Å². The van der Waals surface area contributed by atoms with E-state index in [1.54, 1.807) is 24.3 Å². The van der Waals surface area contributed by atoms with E-state index >= 15 is 0 Å². The maximum atomic E-state index is 13.9. The molecule has 0 bridgehead atoms. The van der Waals surface area contributed by atoms with Crippen LogP contribution in [0.15, 0.2) is 60.7 Å². The summed E-state index contributed by atoms with van der Waals surface area (Å²) < 4.78 is 21.7. The summed E-state index contributed by atoms with van der Waals surface area (Å²) in [4.78, 5) is 11.5. The van der Waals surface area contributed by atoms with Gasteiger partial charge < -0.3 is 14.4 Å². The predicted molar refractivity (Wildman–Crippen MR) is 133 cm³/mol. The van der Waals surface area contributed by atoms with Gasteiger partial charge in [-0.1, -0.05) is 12.1 Å². The molecule has 0 unspecified atom stereocenters. The molecule has 1 aliphatic heterocycles. The Balaban J connectivity index is 1.72. The highest BCUT2D eigenvalue weighted by atomic mass is 19.1. The number of halogens is 1. The van der Waals surface area contributed by atoms with Gasteiger partial charge in [0.2, 0.25) is 0 Å². The maximum Gasteiger partial charge on any atom is 0.335 e. The molecule has 0 saturated carbocycles. The molecule has 0 spiro atoms. The summed E-state index contributed by atoms with van der Waals surface area (Å²) >= 11 is 0. The SMILES string of the molecule is [B]c1[nH]nc2cc3c(-c4ccc(C(=O)O)cc4)c(C4CCOCC4)n(-c4ccc(F)cc4)c3cc12. The van der Waals surface area contributed by atoms with Crippen LogP contribution in [-0.2, 0) is 4.74 Å². The van der Waals surface area contributed by atoms with Crippen LogP contribution in [-0.4, -0.2) is 46.9 Å². The standard InChI is InChI=1S/C27H21BFN3O3/c28-26-20-14-23-21(13-22(20)30-31-26)24(15-1-3-17(4-2-15)27(33)34)25(16-9-11-35-12-10-16)32(23)19-7-5-18(29)6-8-19/h1-8,13-14,16H,9-12H2,(H,30,31)(H,33,34). The molecule has 6 nitrogen and oxygen atoms in total. The largest absolute Gasteiger partial charge is 0.478 e. The van der Waals surface area contributed by atoms with E-state index in [0.717, 1.165) is 57.2 Å². The predicted octanol–water partition coefficient (Wildman–Crippen LogP) is 4.70. The van der Waals surface area contributed by atoms with Gasteiger partial charge in [-0.25, -0.2) is 9.18 Å². The molecule has 172 valence electrons. The maximum absolute atomic E-state index is 13.9. The van der Waals surface area contributed by atoms with Gasteiger partial charge in [0.1, 0.15) is 13.7 Å². The molecular weight excluding hydrogens is 444 g/mol. The second-order valence-corrected chi connectivity index (χ2v) is 8.87. The lowest BCUT2D eigenvalue weighted by molar-refractivity contribution is 0.0697. The first kappa shape index (κ1) is 21.6. The van der Waals surface area contributed by atoms with Gasteiger partial charge in [-0.15, -0.1) is 0 Å². The van der Waals surface area contributed by atoms with Gasteiger partial charge in [0, 0.05) is 46.8 Å². The van der Waals surface area contributed by atoms with Gasteiger partial charge in [0.25, 0.3) is 0 Å². The number of H-pyrrole nitrogens is 1. The normalized spacial score (nSPS) is 14.7. The van der Waals surface area contributed by atoms with Crippen LogP contribution in [0.1, 0.15) is 34.8 Å². The van der Waals surface area contributed by atoms with Gasteiger partial charge in [0.05, 0.1) is 16.6 Å². The Bertz CT molecular complexity index is 1570. The lowest BCUT2D eigenvalue weighted by atomic mass is 9.89. The quantitative estimate of drug-likeness (QED) is 0.377. The molecule has 2 radical (unpaired) electrons. The van der Waals surface area contributed by atoms with E-state index < -0.39 is 5.97 Å². The molecule has 2 N–H and O–H groups in total. The van der Waals surface area contributed by atoms with Gasteiger partial charge >= 0.3 is 5.97 Å². The number of nitrogens with zero attached hydrogens (tertiary/aromatic N) is 2. The highest BCUT2D eigenvalue weighted by Gasteiger charge is 2.28. The third-order valence-electron chi connectivity index (χ3n) is 6.82. The first-order valence-electron chi connectivity index (χ1n) is 11.5. The molecule has 1 fully saturated rings. The first-order valence-corrected chi connectivity index (χ1v) is 11.5. The summed E-state index contributed by atoms with van der Waals surface area (Å²) in [6.45, 7) is 1.31. The fourth-order valence-corrected chi connectivity index (χ4v) is 5.14. The molecule has 0 amide bonds. The number of rotatable bonds is 4. The zero-order chi connectivity index (χ0) is 24.1. The van der Waals surface area contributed by atoms with Crippen LogP contribution in [0.5, 0.6) is 0 Å². The minimum absolute atomic E-state index is 0.196. The van der Waals surface area contributed by atoms with Crippen molar-refractivity contribution in [2.75, 3.05) is 13.2 Å². The molecule has 1 aliphatic rings. The number of nitrogens with one attached hydrogen (secondary N) is 1. The van der Waals surface area contributed by atoms with Crippen molar-refractivity contribution in [1.82, 2.24) is 14.8 Å². The molecule has 3 heterocycles. The van der Waals surface area contributed by atoms with Crippen LogP contribution < -0.4 is 5.59 Å². The number of carboxylic acid groups (broad SMARTS) is 1. The van der Waals surface area contributed by atoms with Gasteiger partial charge in [-0.3, -0.25) is 5.10 Å². The summed E-state index contributed by atoms with van der Waals surface area (Å²) in [5.41, 5.74) is 6.23. The molecule has 1 saturated heterocycles. The fraction of sp³-hybridized carbons (Fsp3) is 0.185. The molecule has 5 aromatic rings. The summed E-state index contributed by atoms with van der Waals surface area (Å²) in [6.07, 6.45) is 1.69. The molecule has 35 heavy (non-hydrogen) atoms. The van der Waals surface area contributed by atoms with Crippen molar-refractivity contribution < 1.29 is 19.0 Å². The molecule has 2 aromatic heterocycles. The number of hydrogen-bond donors (Lipinski definition) is 2. The fourth-order valence-electron chi connectivity index (χ4n) is 5.14. The van der Waals surface area contributed by atoms with Crippen molar-refractivity contribution in [2.45, 2.75) is 18.8 Å². The number of ether oxygens (including phenoxy) is 1. The number of benzene rings is 3. The van der Waals surface area contributed by atoms with Crippen LogP contribution in [0.25, 0.3) is 38.6 Å². The number of carboxylic acids is 1. The van der Waals surface area contributed by atoms with Gasteiger partial charge in [-0.2, -0.15) is 5.10 Å². The number of carbonyl (C=O) groups is 1. The Labute approximate surface area is 201 Å². The molecule has 0 aliphatic carbocycles.